The van der Waals surface area contributed by atoms with E-state index in [0.717, 1.165) is 6.42 Å². The van der Waals surface area contributed by atoms with Gasteiger partial charge in [0.25, 0.3) is 0 Å². The molecule has 0 aromatic carbocycles. The molecule has 1 aliphatic heterocycles. The van der Waals surface area contributed by atoms with Crippen LogP contribution >= 0.6 is 0 Å². The highest BCUT2D eigenvalue weighted by Gasteiger charge is 2.38. The fourth-order valence-corrected chi connectivity index (χ4v) is 1.58. The minimum Gasteiger partial charge on any atom is -0.339 e. The van der Waals surface area contributed by atoms with Crippen LogP contribution in [-0.4, -0.2) is 23.9 Å². The van der Waals surface area contributed by atoms with Crippen LogP contribution in [0.3, 0.4) is 0 Å². The molecule has 0 radical (unpaired) electrons. The number of likely N-dealkylation sites (N-methyl/N-ethyl adjacent to an activating group) is 1. The quantitative estimate of drug-likeness (QED) is 0.427. The van der Waals surface area contributed by atoms with Gasteiger partial charge in [0.15, 0.2) is 0 Å². The van der Waals surface area contributed by atoms with Crippen molar-refractivity contribution in [1.82, 2.24) is 4.90 Å². The van der Waals surface area contributed by atoms with Crippen LogP contribution in [0, 0.1) is 5.92 Å². The molecular weight excluding hydrogens is 114 g/mol. The normalized spacial score (nSPS) is 38.8. The van der Waals surface area contributed by atoms with Gasteiger partial charge in [-0.3, -0.25) is 4.79 Å². The van der Waals surface area contributed by atoms with Crippen LogP contribution < -0.4 is 0 Å². The molecule has 2 bridgehead atoms. The molecule has 0 unspecified atom stereocenters. The number of likely N-dealkylation sites (tertiary alicyclic amines) is 1. The van der Waals surface area contributed by atoms with Crippen molar-refractivity contribution in [2.24, 2.45) is 5.92 Å². The fraction of sp³-hybridized carbons (Fsp3) is 0.571. The minimum atomic E-state index is 0.222. The Morgan fingerprint density at radius 3 is 2.78 bits per heavy atom. The van der Waals surface area contributed by atoms with Gasteiger partial charge >= 0.3 is 0 Å². The number of amides is 1. The number of carbonyl (C=O) groups is 1. The highest BCUT2D eigenvalue weighted by molar-refractivity contribution is 5.84. The van der Waals surface area contributed by atoms with Crippen molar-refractivity contribution in [1.29, 1.82) is 0 Å². The van der Waals surface area contributed by atoms with Gasteiger partial charge in [-0.2, -0.15) is 0 Å². The van der Waals surface area contributed by atoms with Crippen LogP contribution in [-0.2, 0) is 4.79 Å². The van der Waals surface area contributed by atoms with Crippen molar-refractivity contribution in [3.8, 4) is 0 Å². The summed E-state index contributed by atoms with van der Waals surface area (Å²) in [6.45, 7) is 0. The van der Waals surface area contributed by atoms with Gasteiger partial charge in [-0.1, -0.05) is 12.2 Å². The number of carbonyl (C=O) groups excluding carboxylic acids is 1. The van der Waals surface area contributed by atoms with Gasteiger partial charge in [-0.15, -0.1) is 0 Å². The Labute approximate surface area is 54.1 Å². The smallest absolute Gasteiger partial charge is 0.229 e. The Morgan fingerprint density at radius 2 is 2.44 bits per heavy atom. The van der Waals surface area contributed by atoms with Crippen molar-refractivity contribution in [3.63, 3.8) is 0 Å². The molecule has 0 spiro atoms. The summed E-state index contributed by atoms with van der Waals surface area (Å²) in [7, 11) is 1.87. The lowest BCUT2D eigenvalue weighted by molar-refractivity contribution is -0.129. The molecule has 1 saturated heterocycles. The minimum absolute atomic E-state index is 0.222. The molecule has 1 amide bonds. The van der Waals surface area contributed by atoms with E-state index in [1.165, 1.54) is 0 Å². The predicted molar refractivity (Wildman–Crippen MR) is 33.8 cm³/mol. The summed E-state index contributed by atoms with van der Waals surface area (Å²) >= 11 is 0. The number of rotatable bonds is 0. The zero-order valence-electron chi connectivity index (χ0n) is 5.37. The third-order valence-corrected chi connectivity index (χ3v) is 2.22. The first-order valence-electron chi connectivity index (χ1n) is 3.24. The predicted octanol–water partition coefficient (Wildman–Crippen LogP) is 0.403. The molecule has 0 saturated carbocycles. The van der Waals surface area contributed by atoms with E-state index in [2.05, 4.69) is 6.08 Å². The molecule has 2 rings (SSSR count). The zero-order chi connectivity index (χ0) is 6.43. The average molecular weight is 123 g/mol. The molecule has 1 aliphatic carbocycles. The highest BCUT2D eigenvalue weighted by atomic mass is 16.2. The van der Waals surface area contributed by atoms with E-state index in [0.29, 0.717) is 11.9 Å². The molecule has 48 valence electrons. The lowest BCUT2D eigenvalue weighted by Gasteiger charge is -2.17. The first-order chi connectivity index (χ1) is 4.29. The number of nitrogens with zero attached hydrogens (tertiary/aromatic N) is 1. The van der Waals surface area contributed by atoms with Crippen LogP contribution in [0.5, 0.6) is 0 Å². The van der Waals surface area contributed by atoms with Gasteiger partial charge in [0, 0.05) is 7.05 Å². The van der Waals surface area contributed by atoms with Crippen molar-refractivity contribution < 1.29 is 4.79 Å². The Kier molecular flexibility index (Phi) is 0.770. The summed E-state index contributed by atoms with van der Waals surface area (Å²) < 4.78 is 0. The topological polar surface area (TPSA) is 20.3 Å². The number of fused-ring (bicyclic) bond motifs is 2. The molecule has 0 aromatic heterocycles. The summed E-state index contributed by atoms with van der Waals surface area (Å²) in [5.74, 6) is 0.516. The lowest BCUT2D eigenvalue weighted by Crippen LogP contribution is -2.30. The van der Waals surface area contributed by atoms with Crippen LogP contribution in [0.1, 0.15) is 6.42 Å². The molecule has 2 nitrogen and oxygen atoms in total. The summed E-state index contributed by atoms with van der Waals surface area (Å²) in [5.41, 5.74) is 0. The molecule has 0 N–H and O–H groups in total. The van der Waals surface area contributed by atoms with E-state index < -0.39 is 0 Å². The van der Waals surface area contributed by atoms with E-state index >= 15 is 0 Å². The second kappa shape index (κ2) is 1.38. The maximum absolute atomic E-state index is 11.0. The highest BCUT2D eigenvalue weighted by Crippen LogP contribution is 2.30. The van der Waals surface area contributed by atoms with E-state index in [1.54, 1.807) is 0 Å². The Balaban J connectivity index is 2.36. The summed E-state index contributed by atoms with van der Waals surface area (Å²) in [6.07, 6.45) is 5.16. The van der Waals surface area contributed by atoms with Crippen LogP contribution in [0.15, 0.2) is 12.2 Å². The summed E-state index contributed by atoms with van der Waals surface area (Å²) in [6, 6.07) is 0.419. The lowest BCUT2D eigenvalue weighted by atomic mass is 10.1. The summed E-state index contributed by atoms with van der Waals surface area (Å²) in [5, 5.41) is 0. The molecule has 2 heteroatoms. The average Bonchev–Trinajstić information content (AvgIpc) is 2.37. The number of hydrogen-bond acceptors (Lipinski definition) is 1. The van der Waals surface area contributed by atoms with Gasteiger partial charge in [0.2, 0.25) is 5.91 Å². The van der Waals surface area contributed by atoms with Crippen molar-refractivity contribution >= 4 is 5.91 Å². The SMILES string of the molecule is CN1C(=O)[C@H]2C=C[C@@H]1C2. The van der Waals surface area contributed by atoms with E-state index in [1.807, 2.05) is 18.0 Å². The van der Waals surface area contributed by atoms with Crippen LogP contribution in [0.4, 0.5) is 0 Å². The standard InChI is InChI=1S/C7H9NO/c1-8-6-3-2-5(4-6)7(8)9/h2-3,5-6H,4H2,1H3/t5-,6+/m0/s1. The van der Waals surface area contributed by atoms with Crippen molar-refractivity contribution in [2.75, 3.05) is 7.05 Å². The van der Waals surface area contributed by atoms with E-state index in [9.17, 15) is 4.79 Å². The maximum atomic E-state index is 11.0. The third kappa shape index (κ3) is 0.479. The molecular formula is C7H9NO. The molecule has 0 aromatic rings. The molecule has 9 heavy (non-hydrogen) atoms. The van der Waals surface area contributed by atoms with Crippen molar-refractivity contribution in [3.05, 3.63) is 12.2 Å². The zero-order valence-corrected chi connectivity index (χ0v) is 5.37. The molecule has 1 heterocycles. The van der Waals surface area contributed by atoms with Crippen LogP contribution in [0.2, 0.25) is 0 Å². The van der Waals surface area contributed by atoms with E-state index in [-0.39, 0.29) is 5.92 Å². The monoisotopic (exact) mass is 123 g/mol. The summed E-state index contributed by atoms with van der Waals surface area (Å²) in [4.78, 5) is 12.9. The largest absolute Gasteiger partial charge is 0.339 e. The number of hydrogen-bond donors (Lipinski definition) is 0. The first kappa shape index (κ1) is 5.03. The van der Waals surface area contributed by atoms with Gasteiger partial charge < -0.3 is 4.90 Å². The molecule has 1 fully saturated rings. The Hall–Kier alpha value is -0.790. The molecule has 2 aliphatic rings. The molecule has 2 atom stereocenters. The van der Waals surface area contributed by atoms with Crippen molar-refractivity contribution in [2.45, 2.75) is 12.5 Å². The maximum Gasteiger partial charge on any atom is 0.229 e. The van der Waals surface area contributed by atoms with E-state index in [4.69, 9.17) is 0 Å². The second-order valence-corrected chi connectivity index (χ2v) is 2.74. The first-order valence-corrected chi connectivity index (χ1v) is 3.24. The van der Waals surface area contributed by atoms with Gasteiger partial charge in [-0.25, -0.2) is 0 Å². The van der Waals surface area contributed by atoms with Gasteiger partial charge in [0.05, 0.1) is 12.0 Å². The fourth-order valence-electron chi connectivity index (χ4n) is 1.58. The second-order valence-electron chi connectivity index (χ2n) is 2.74. The Bertz CT molecular complexity index is 185. The van der Waals surface area contributed by atoms with Gasteiger partial charge in [-0.05, 0) is 6.42 Å². The van der Waals surface area contributed by atoms with Gasteiger partial charge in [0.1, 0.15) is 0 Å². The third-order valence-electron chi connectivity index (χ3n) is 2.22. The van der Waals surface area contributed by atoms with Crippen LogP contribution in [0.25, 0.3) is 0 Å². The Morgan fingerprint density at radius 1 is 1.67 bits per heavy atom.